The van der Waals surface area contributed by atoms with Gasteiger partial charge in [-0.25, -0.2) is 8.42 Å². The number of nitrogens with one attached hydrogen (secondary N) is 1. The zero-order valence-electron chi connectivity index (χ0n) is 18.5. The molecule has 0 saturated carbocycles. The van der Waals surface area contributed by atoms with Gasteiger partial charge in [-0.05, 0) is 38.0 Å². The monoisotopic (exact) mass is 445 g/mol. The van der Waals surface area contributed by atoms with Gasteiger partial charge in [0.1, 0.15) is 12.6 Å². The number of aryl methyl sites for hydroxylation is 1. The van der Waals surface area contributed by atoms with Crippen LogP contribution in [0, 0.1) is 6.92 Å². The van der Waals surface area contributed by atoms with Crippen LogP contribution in [0.2, 0.25) is 0 Å². The van der Waals surface area contributed by atoms with Crippen molar-refractivity contribution < 1.29 is 18.0 Å². The molecule has 2 aromatic carbocycles. The molecule has 0 aliphatic carbocycles. The van der Waals surface area contributed by atoms with Crippen LogP contribution in [0.5, 0.6) is 0 Å². The van der Waals surface area contributed by atoms with E-state index in [1.165, 1.54) is 4.90 Å². The smallest absolute Gasteiger partial charge is 0.244 e. The number of nitrogens with zero attached hydrogens (tertiary/aromatic N) is 2. The van der Waals surface area contributed by atoms with Gasteiger partial charge < -0.3 is 10.2 Å². The molecule has 0 saturated heterocycles. The summed E-state index contributed by atoms with van der Waals surface area (Å²) < 4.78 is 26.1. The maximum atomic E-state index is 13.4. The van der Waals surface area contributed by atoms with Crippen LogP contribution in [0.15, 0.2) is 54.6 Å². The fourth-order valence-electron chi connectivity index (χ4n) is 3.32. The van der Waals surface area contributed by atoms with E-state index in [0.29, 0.717) is 18.7 Å². The first kappa shape index (κ1) is 24.4. The number of carbonyl (C=O) groups is 2. The summed E-state index contributed by atoms with van der Waals surface area (Å²) >= 11 is 0. The molecule has 0 bridgehead atoms. The van der Waals surface area contributed by atoms with E-state index in [1.807, 2.05) is 51.1 Å². The summed E-state index contributed by atoms with van der Waals surface area (Å²) in [6.07, 6.45) is 1.48. The van der Waals surface area contributed by atoms with Crippen molar-refractivity contribution in [3.63, 3.8) is 0 Å². The minimum absolute atomic E-state index is 0.209. The molecule has 31 heavy (non-hydrogen) atoms. The molecule has 0 heterocycles. The number of anilines is 1. The van der Waals surface area contributed by atoms with Crippen molar-refractivity contribution in [3.8, 4) is 0 Å². The number of benzene rings is 2. The Hall–Kier alpha value is -2.87. The molecule has 1 N–H and O–H groups in total. The Kier molecular flexibility index (Phi) is 8.62. The molecule has 0 aliphatic rings. The molecule has 0 spiro atoms. The van der Waals surface area contributed by atoms with E-state index in [1.54, 1.807) is 24.3 Å². The number of sulfonamides is 1. The van der Waals surface area contributed by atoms with Crippen molar-refractivity contribution in [2.75, 3.05) is 23.7 Å². The molecule has 0 unspecified atom stereocenters. The first-order chi connectivity index (χ1) is 14.7. The molecule has 1 atom stereocenters. The molecule has 168 valence electrons. The molecular formula is C23H31N3O4S. The lowest BCUT2D eigenvalue weighted by atomic mass is 10.1. The van der Waals surface area contributed by atoms with Crippen molar-refractivity contribution in [2.24, 2.45) is 0 Å². The average Bonchev–Trinajstić information content (AvgIpc) is 2.72. The first-order valence-corrected chi connectivity index (χ1v) is 12.2. The predicted molar refractivity (Wildman–Crippen MR) is 123 cm³/mol. The first-order valence-electron chi connectivity index (χ1n) is 10.3. The Morgan fingerprint density at radius 3 is 2.13 bits per heavy atom. The van der Waals surface area contributed by atoms with E-state index in [9.17, 15) is 18.0 Å². The topological polar surface area (TPSA) is 86.8 Å². The second-order valence-electron chi connectivity index (χ2n) is 7.43. The fraction of sp³-hybridized carbons (Fsp3) is 0.391. The zero-order valence-corrected chi connectivity index (χ0v) is 19.4. The lowest BCUT2D eigenvalue weighted by Crippen LogP contribution is -2.52. The quantitative estimate of drug-likeness (QED) is 0.609. The van der Waals surface area contributed by atoms with Crippen LogP contribution in [-0.2, 0) is 26.2 Å². The summed E-state index contributed by atoms with van der Waals surface area (Å²) in [5.74, 6) is -0.691. The van der Waals surface area contributed by atoms with Crippen molar-refractivity contribution in [3.05, 3.63) is 65.7 Å². The van der Waals surface area contributed by atoms with Crippen LogP contribution in [0.25, 0.3) is 0 Å². The summed E-state index contributed by atoms with van der Waals surface area (Å²) in [6, 6.07) is 15.6. The van der Waals surface area contributed by atoms with Crippen LogP contribution >= 0.6 is 0 Å². The Balaban J connectivity index is 2.39. The Morgan fingerprint density at radius 2 is 1.61 bits per heavy atom. The second kappa shape index (κ2) is 10.9. The van der Waals surface area contributed by atoms with E-state index in [4.69, 9.17) is 0 Å². The Labute approximate surface area is 185 Å². The highest BCUT2D eigenvalue weighted by atomic mass is 32.2. The third kappa shape index (κ3) is 6.82. The normalized spacial score (nSPS) is 12.1. The number of carbonyl (C=O) groups excluding carboxylic acids is 2. The van der Waals surface area contributed by atoms with Crippen LogP contribution in [0.3, 0.4) is 0 Å². The highest BCUT2D eigenvalue weighted by Gasteiger charge is 2.31. The highest BCUT2D eigenvalue weighted by Crippen LogP contribution is 2.20. The lowest BCUT2D eigenvalue weighted by molar-refractivity contribution is -0.140. The molecule has 0 radical (unpaired) electrons. The van der Waals surface area contributed by atoms with E-state index in [-0.39, 0.29) is 19.0 Å². The molecule has 7 nitrogen and oxygen atoms in total. The van der Waals surface area contributed by atoms with Gasteiger partial charge in [0.05, 0.1) is 11.9 Å². The predicted octanol–water partition coefficient (Wildman–Crippen LogP) is 2.70. The molecule has 0 fully saturated rings. The third-order valence-electron chi connectivity index (χ3n) is 4.93. The summed E-state index contributed by atoms with van der Waals surface area (Å²) in [4.78, 5) is 27.5. The minimum atomic E-state index is -3.71. The number of rotatable bonds is 10. The minimum Gasteiger partial charge on any atom is -0.355 e. The van der Waals surface area contributed by atoms with E-state index in [0.717, 1.165) is 21.7 Å². The number of likely N-dealkylation sites (N-methyl/N-ethyl adjacent to an activating group) is 1. The van der Waals surface area contributed by atoms with Gasteiger partial charge in [0.25, 0.3) is 0 Å². The van der Waals surface area contributed by atoms with E-state index < -0.39 is 22.0 Å². The van der Waals surface area contributed by atoms with Crippen LogP contribution in [-0.4, -0.2) is 50.5 Å². The maximum Gasteiger partial charge on any atom is 0.244 e. The summed E-state index contributed by atoms with van der Waals surface area (Å²) in [6.45, 7) is 5.82. The third-order valence-corrected chi connectivity index (χ3v) is 6.07. The summed E-state index contributed by atoms with van der Waals surface area (Å²) in [7, 11) is -3.71. The van der Waals surface area contributed by atoms with Gasteiger partial charge in [0.2, 0.25) is 21.8 Å². The van der Waals surface area contributed by atoms with Gasteiger partial charge in [0, 0.05) is 13.1 Å². The zero-order chi connectivity index (χ0) is 23.0. The molecule has 0 aromatic heterocycles. The van der Waals surface area contributed by atoms with Gasteiger partial charge in [-0.1, -0.05) is 55.0 Å². The lowest BCUT2D eigenvalue weighted by Gasteiger charge is -2.32. The van der Waals surface area contributed by atoms with Crippen molar-refractivity contribution >= 4 is 27.5 Å². The van der Waals surface area contributed by atoms with Crippen molar-refractivity contribution in [1.29, 1.82) is 0 Å². The Morgan fingerprint density at radius 1 is 1.00 bits per heavy atom. The molecular weight excluding hydrogens is 414 g/mol. The van der Waals surface area contributed by atoms with Crippen LogP contribution in [0.4, 0.5) is 5.69 Å². The molecule has 8 heteroatoms. The molecule has 2 amide bonds. The summed E-state index contributed by atoms with van der Waals surface area (Å²) in [5, 5.41) is 2.77. The van der Waals surface area contributed by atoms with E-state index in [2.05, 4.69) is 5.32 Å². The van der Waals surface area contributed by atoms with Gasteiger partial charge >= 0.3 is 0 Å². The van der Waals surface area contributed by atoms with Gasteiger partial charge in [-0.15, -0.1) is 0 Å². The van der Waals surface area contributed by atoms with Crippen LogP contribution in [0.1, 0.15) is 31.4 Å². The highest BCUT2D eigenvalue weighted by molar-refractivity contribution is 7.92. The SMILES string of the molecule is CCNC(=O)[C@@H](CC)N(Cc1ccccc1)C(=O)CN(c1ccc(C)cc1)S(C)(=O)=O. The van der Waals surface area contributed by atoms with Crippen molar-refractivity contribution in [1.82, 2.24) is 10.2 Å². The maximum absolute atomic E-state index is 13.4. The standard InChI is InChI=1S/C23H31N3O4S/c1-5-21(23(28)24-6-2)25(16-19-10-8-7-9-11-19)22(27)17-26(31(4,29)30)20-14-12-18(3)13-15-20/h7-15,21H,5-6,16-17H2,1-4H3,(H,24,28)/t21-/m1/s1. The van der Waals surface area contributed by atoms with Crippen LogP contribution < -0.4 is 9.62 Å². The van der Waals surface area contributed by atoms with E-state index >= 15 is 0 Å². The number of amides is 2. The second-order valence-corrected chi connectivity index (χ2v) is 9.34. The van der Waals surface area contributed by atoms with Crippen molar-refractivity contribution in [2.45, 2.75) is 39.8 Å². The molecule has 2 aromatic rings. The largest absolute Gasteiger partial charge is 0.355 e. The Bertz CT molecular complexity index is 976. The van der Waals surface area contributed by atoms with Gasteiger partial charge in [-0.3, -0.25) is 13.9 Å². The molecule has 0 aliphatic heterocycles. The molecule has 2 rings (SSSR count). The van der Waals surface area contributed by atoms with Gasteiger partial charge in [-0.2, -0.15) is 0 Å². The van der Waals surface area contributed by atoms with Gasteiger partial charge in [0.15, 0.2) is 0 Å². The number of hydrogen-bond acceptors (Lipinski definition) is 4. The number of hydrogen-bond donors (Lipinski definition) is 1. The average molecular weight is 446 g/mol. The fourth-order valence-corrected chi connectivity index (χ4v) is 4.17. The summed E-state index contributed by atoms with van der Waals surface area (Å²) in [5.41, 5.74) is 2.25.